The summed E-state index contributed by atoms with van der Waals surface area (Å²) in [4.78, 5) is 0. The van der Waals surface area contributed by atoms with E-state index in [1.54, 1.807) is 5.57 Å². The van der Waals surface area contributed by atoms with Gasteiger partial charge in [-0.3, -0.25) is 0 Å². The standard InChI is InChI=1S/C11H18.C2H6/c1-9-7-5-6-8-10(9)11(2,3)4;1-2/h5,7H,6,8H2,1-4H3;1-2H3. The Morgan fingerprint density at radius 3 is 2.00 bits per heavy atom. The molecule has 0 spiro atoms. The molecule has 0 bridgehead atoms. The zero-order valence-electron chi connectivity index (χ0n) is 10.1. The van der Waals surface area contributed by atoms with Crippen LogP contribution in [0.15, 0.2) is 23.3 Å². The first-order valence-corrected chi connectivity index (χ1v) is 5.38. The lowest BCUT2D eigenvalue weighted by atomic mass is 9.79. The van der Waals surface area contributed by atoms with Crippen LogP contribution in [0, 0.1) is 5.41 Å². The minimum atomic E-state index is 0.370. The van der Waals surface area contributed by atoms with E-state index in [1.165, 1.54) is 18.4 Å². The largest absolute Gasteiger partial charge is 0.0840 e. The molecule has 13 heavy (non-hydrogen) atoms. The number of allylic oxidation sites excluding steroid dienone is 4. The van der Waals surface area contributed by atoms with Crippen LogP contribution in [-0.2, 0) is 0 Å². The Balaban J connectivity index is 0.000000671. The quantitative estimate of drug-likeness (QED) is 0.506. The molecule has 0 atom stereocenters. The van der Waals surface area contributed by atoms with E-state index in [2.05, 4.69) is 39.8 Å². The van der Waals surface area contributed by atoms with E-state index in [-0.39, 0.29) is 0 Å². The summed E-state index contributed by atoms with van der Waals surface area (Å²) in [5, 5.41) is 0. The van der Waals surface area contributed by atoms with Crippen LogP contribution in [0.2, 0.25) is 0 Å². The molecule has 0 nitrogen and oxygen atoms in total. The molecular formula is C13H24. The summed E-state index contributed by atoms with van der Waals surface area (Å²) in [7, 11) is 0. The zero-order valence-corrected chi connectivity index (χ0v) is 10.1. The molecule has 0 aromatic carbocycles. The van der Waals surface area contributed by atoms with Crippen molar-refractivity contribution >= 4 is 0 Å². The Bertz CT molecular complexity index is 199. The fraction of sp³-hybridized carbons (Fsp3) is 0.692. The van der Waals surface area contributed by atoms with Gasteiger partial charge >= 0.3 is 0 Å². The molecule has 1 rings (SSSR count). The monoisotopic (exact) mass is 180 g/mol. The first kappa shape index (κ1) is 12.5. The van der Waals surface area contributed by atoms with Crippen molar-refractivity contribution in [2.45, 2.75) is 54.4 Å². The molecule has 0 heterocycles. The van der Waals surface area contributed by atoms with Crippen LogP contribution in [0.25, 0.3) is 0 Å². The van der Waals surface area contributed by atoms with Crippen molar-refractivity contribution in [1.29, 1.82) is 0 Å². The second-order valence-electron chi connectivity index (χ2n) is 4.35. The van der Waals surface area contributed by atoms with Gasteiger partial charge in [-0.05, 0) is 25.2 Å². The Hall–Kier alpha value is -0.520. The minimum Gasteiger partial charge on any atom is -0.0840 e. The maximum Gasteiger partial charge on any atom is -0.0167 e. The van der Waals surface area contributed by atoms with Crippen LogP contribution >= 0.6 is 0 Å². The molecule has 0 radical (unpaired) electrons. The van der Waals surface area contributed by atoms with Crippen molar-refractivity contribution < 1.29 is 0 Å². The van der Waals surface area contributed by atoms with E-state index in [1.807, 2.05) is 13.8 Å². The van der Waals surface area contributed by atoms with Gasteiger partial charge in [-0.25, -0.2) is 0 Å². The molecule has 0 aromatic rings. The van der Waals surface area contributed by atoms with Crippen LogP contribution < -0.4 is 0 Å². The average molecular weight is 180 g/mol. The number of hydrogen-bond donors (Lipinski definition) is 0. The van der Waals surface area contributed by atoms with Gasteiger partial charge in [-0.1, -0.05) is 57.9 Å². The van der Waals surface area contributed by atoms with Crippen molar-refractivity contribution in [3.8, 4) is 0 Å². The molecule has 0 heteroatoms. The summed E-state index contributed by atoms with van der Waals surface area (Å²) in [6.07, 6.45) is 7.00. The lowest BCUT2D eigenvalue weighted by molar-refractivity contribution is 0.476. The third kappa shape index (κ3) is 3.80. The van der Waals surface area contributed by atoms with Gasteiger partial charge in [0.25, 0.3) is 0 Å². The summed E-state index contributed by atoms with van der Waals surface area (Å²) in [6, 6.07) is 0. The fourth-order valence-electron chi connectivity index (χ4n) is 1.75. The van der Waals surface area contributed by atoms with Crippen molar-refractivity contribution in [3.05, 3.63) is 23.3 Å². The first-order valence-electron chi connectivity index (χ1n) is 5.38. The number of hydrogen-bond acceptors (Lipinski definition) is 0. The van der Waals surface area contributed by atoms with Gasteiger partial charge in [-0.2, -0.15) is 0 Å². The van der Waals surface area contributed by atoms with Crippen molar-refractivity contribution in [3.63, 3.8) is 0 Å². The van der Waals surface area contributed by atoms with E-state index in [4.69, 9.17) is 0 Å². The molecule has 0 saturated carbocycles. The van der Waals surface area contributed by atoms with E-state index >= 15 is 0 Å². The van der Waals surface area contributed by atoms with Gasteiger partial charge in [-0.15, -0.1) is 0 Å². The Labute approximate surface area is 83.7 Å². The van der Waals surface area contributed by atoms with Gasteiger partial charge in [0.05, 0.1) is 0 Å². The molecule has 1 aliphatic carbocycles. The predicted octanol–water partition coefficient (Wildman–Crippen LogP) is 4.73. The third-order valence-corrected chi connectivity index (χ3v) is 2.31. The molecule has 76 valence electrons. The lowest BCUT2D eigenvalue weighted by Gasteiger charge is -2.26. The predicted molar refractivity (Wildman–Crippen MR) is 61.9 cm³/mol. The Morgan fingerprint density at radius 1 is 1.15 bits per heavy atom. The van der Waals surface area contributed by atoms with Gasteiger partial charge in [0.2, 0.25) is 0 Å². The smallest absolute Gasteiger partial charge is 0.0167 e. The van der Waals surface area contributed by atoms with E-state index < -0.39 is 0 Å². The maximum absolute atomic E-state index is 2.30. The summed E-state index contributed by atoms with van der Waals surface area (Å²) in [5.41, 5.74) is 3.47. The highest BCUT2D eigenvalue weighted by atomic mass is 14.2. The minimum absolute atomic E-state index is 0.370. The summed E-state index contributed by atoms with van der Waals surface area (Å²) in [5.74, 6) is 0. The van der Waals surface area contributed by atoms with Crippen LogP contribution in [0.4, 0.5) is 0 Å². The van der Waals surface area contributed by atoms with Gasteiger partial charge in [0.15, 0.2) is 0 Å². The van der Waals surface area contributed by atoms with Crippen molar-refractivity contribution in [2.24, 2.45) is 5.41 Å². The first-order chi connectivity index (χ1) is 6.02. The van der Waals surface area contributed by atoms with Gasteiger partial charge in [0.1, 0.15) is 0 Å². The average Bonchev–Trinajstić information content (AvgIpc) is 2.07. The fourth-order valence-corrected chi connectivity index (χ4v) is 1.75. The molecule has 0 amide bonds. The molecule has 1 aliphatic rings. The number of rotatable bonds is 0. The lowest BCUT2D eigenvalue weighted by Crippen LogP contribution is -2.12. The van der Waals surface area contributed by atoms with Crippen LogP contribution in [-0.4, -0.2) is 0 Å². The molecule has 0 aromatic heterocycles. The highest BCUT2D eigenvalue weighted by Crippen LogP contribution is 2.34. The van der Waals surface area contributed by atoms with Crippen LogP contribution in [0.5, 0.6) is 0 Å². The molecule has 0 aliphatic heterocycles. The molecule has 0 fully saturated rings. The van der Waals surface area contributed by atoms with Gasteiger partial charge < -0.3 is 0 Å². The van der Waals surface area contributed by atoms with E-state index in [9.17, 15) is 0 Å². The molecule has 0 N–H and O–H groups in total. The van der Waals surface area contributed by atoms with E-state index in [0.29, 0.717) is 5.41 Å². The maximum atomic E-state index is 2.30. The zero-order chi connectivity index (χ0) is 10.5. The van der Waals surface area contributed by atoms with Crippen molar-refractivity contribution in [2.75, 3.05) is 0 Å². The summed E-state index contributed by atoms with van der Waals surface area (Å²) in [6.45, 7) is 13.1. The van der Waals surface area contributed by atoms with Crippen molar-refractivity contribution in [1.82, 2.24) is 0 Å². The topological polar surface area (TPSA) is 0 Å². The summed E-state index contributed by atoms with van der Waals surface area (Å²) >= 11 is 0. The van der Waals surface area contributed by atoms with Crippen LogP contribution in [0.3, 0.4) is 0 Å². The second kappa shape index (κ2) is 5.26. The second-order valence-corrected chi connectivity index (χ2v) is 4.35. The summed E-state index contributed by atoms with van der Waals surface area (Å²) < 4.78 is 0. The van der Waals surface area contributed by atoms with Gasteiger partial charge in [0, 0.05) is 0 Å². The molecule has 0 saturated heterocycles. The highest BCUT2D eigenvalue weighted by Gasteiger charge is 2.19. The Morgan fingerprint density at radius 2 is 1.69 bits per heavy atom. The highest BCUT2D eigenvalue weighted by molar-refractivity contribution is 5.30. The molecule has 0 unspecified atom stereocenters. The normalized spacial score (nSPS) is 16.8. The third-order valence-electron chi connectivity index (χ3n) is 2.31. The molecular weight excluding hydrogens is 156 g/mol. The van der Waals surface area contributed by atoms with E-state index in [0.717, 1.165) is 0 Å². The van der Waals surface area contributed by atoms with Crippen LogP contribution in [0.1, 0.15) is 54.4 Å². The SMILES string of the molecule is CC.CC1=C(C(C)(C)C)CCC=C1. The Kier molecular flexibility index (Phi) is 5.05.